The van der Waals surface area contributed by atoms with Gasteiger partial charge in [-0.1, -0.05) is 18.2 Å². The molecule has 0 spiro atoms. The van der Waals surface area contributed by atoms with Crippen LogP contribution >= 0.6 is 0 Å². The third-order valence-electron chi connectivity index (χ3n) is 2.58. The van der Waals surface area contributed by atoms with E-state index in [2.05, 4.69) is 4.98 Å². The number of rotatable bonds is 4. The van der Waals surface area contributed by atoms with Gasteiger partial charge in [0.2, 0.25) is 0 Å². The summed E-state index contributed by atoms with van der Waals surface area (Å²) < 4.78 is 5.20. The molecule has 0 radical (unpaired) electrons. The standard InChI is InChI=1S/C13H16N2O2/c1-15(2)7-8-17-13(16)11-9-14-12-6-4-3-5-10(11)12/h3-6,9,14H,7-8H2,1-2H3. The van der Waals surface area contributed by atoms with Crippen molar-refractivity contribution < 1.29 is 9.53 Å². The molecule has 2 rings (SSSR count). The van der Waals surface area contributed by atoms with Gasteiger partial charge in [0.25, 0.3) is 0 Å². The van der Waals surface area contributed by atoms with Gasteiger partial charge >= 0.3 is 5.97 Å². The van der Waals surface area contributed by atoms with Crippen LogP contribution in [-0.2, 0) is 4.74 Å². The fraction of sp³-hybridized carbons (Fsp3) is 0.308. The molecule has 90 valence electrons. The monoisotopic (exact) mass is 232 g/mol. The van der Waals surface area contributed by atoms with Crippen molar-refractivity contribution in [1.82, 2.24) is 9.88 Å². The molecule has 2 aromatic rings. The van der Waals surface area contributed by atoms with E-state index >= 15 is 0 Å². The predicted octanol–water partition coefficient (Wildman–Crippen LogP) is 1.89. The number of carbonyl (C=O) groups excluding carboxylic acids is 1. The summed E-state index contributed by atoms with van der Waals surface area (Å²) in [5, 5.41) is 0.905. The molecule has 0 aliphatic carbocycles. The molecule has 0 unspecified atom stereocenters. The van der Waals surface area contributed by atoms with Gasteiger partial charge in [0.15, 0.2) is 0 Å². The van der Waals surface area contributed by atoms with E-state index in [0.717, 1.165) is 17.4 Å². The third kappa shape index (κ3) is 2.65. The van der Waals surface area contributed by atoms with E-state index in [0.29, 0.717) is 12.2 Å². The van der Waals surface area contributed by atoms with Gasteiger partial charge in [0.05, 0.1) is 5.56 Å². The van der Waals surface area contributed by atoms with E-state index < -0.39 is 0 Å². The minimum atomic E-state index is -0.274. The van der Waals surface area contributed by atoms with Gasteiger partial charge in [-0.3, -0.25) is 0 Å². The van der Waals surface area contributed by atoms with Crippen molar-refractivity contribution >= 4 is 16.9 Å². The fourth-order valence-electron chi connectivity index (χ4n) is 1.64. The maximum atomic E-state index is 11.8. The average molecular weight is 232 g/mol. The van der Waals surface area contributed by atoms with Crippen molar-refractivity contribution in [2.45, 2.75) is 0 Å². The lowest BCUT2D eigenvalue weighted by Gasteiger charge is -2.09. The van der Waals surface area contributed by atoms with Crippen LogP contribution in [0.2, 0.25) is 0 Å². The van der Waals surface area contributed by atoms with Crippen molar-refractivity contribution in [3.05, 3.63) is 36.0 Å². The predicted molar refractivity (Wildman–Crippen MR) is 67.1 cm³/mol. The molecule has 17 heavy (non-hydrogen) atoms. The van der Waals surface area contributed by atoms with Crippen molar-refractivity contribution in [3.63, 3.8) is 0 Å². The second-order valence-corrected chi connectivity index (χ2v) is 4.19. The van der Waals surface area contributed by atoms with E-state index in [1.54, 1.807) is 6.20 Å². The molecule has 1 aromatic heterocycles. The fourth-order valence-corrected chi connectivity index (χ4v) is 1.64. The zero-order chi connectivity index (χ0) is 12.3. The number of carbonyl (C=O) groups is 1. The first-order chi connectivity index (χ1) is 8.18. The van der Waals surface area contributed by atoms with Gasteiger partial charge in [-0.2, -0.15) is 0 Å². The Morgan fingerprint density at radius 1 is 1.35 bits per heavy atom. The number of H-pyrrole nitrogens is 1. The first-order valence-corrected chi connectivity index (χ1v) is 5.56. The summed E-state index contributed by atoms with van der Waals surface area (Å²) >= 11 is 0. The summed E-state index contributed by atoms with van der Waals surface area (Å²) in [6, 6.07) is 7.69. The van der Waals surface area contributed by atoms with Gasteiger partial charge in [0.1, 0.15) is 6.61 Å². The molecule has 0 bridgehead atoms. The molecule has 0 atom stereocenters. The Morgan fingerprint density at radius 2 is 2.12 bits per heavy atom. The first-order valence-electron chi connectivity index (χ1n) is 5.56. The number of hydrogen-bond acceptors (Lipinski definition) is 3. The Morgan fingerprint density at radius 3 is 2.88 bits per heavy atom. The van der Waals surface area contributed by atoms with E-state index in [1.807, 2.05) is 43.3 Å². The molecule has 0 saturated heterocycles. The van der Waals surface area contributed by atoms with Gasteiger partial charge in [-0.25, -0.2) is 4.79 Å². The maximum absolute atomic E-state index is 11.8. The minimum Gasteiger partial charge on any atom is -0.461 e. The average Bonchev–Trinajstić information content (AvgIpc) is 2.72. The third-order valence-corrected chi connectivity index (χ3v) is 2.58. The SMILES string of the molecule is CN(C)CCOC(=O)c1c[nH]c2ccccc12. The molecule has 0 saturated carbocycles. The van der Waals surface area contributed by atoms with Crippen LogP contribution in [-0.4, -0.2) is 43.1 Å². The zero-order valence-corrected chi connectivity index (χ0v) is 10.1. The Balaban J connectivity index is 2.09. The highest BCUT2D eigenvalue weighted by Crippen LogP contribution is 2.18. The molecule has 4 nitrogen and oxygen atoms in total. The summed E-state index contributed by atoms with van der Waals surface area (Å²) in [6.07, 6.45) is 1.70. The summed E-state index contributed by atoms with van der Waals surface area (Å²) in [7, 11) is 3.89. The highest BCUT2D eigenvalue weighted by Gasteiger charge is 2.12. The highest BCUT2D eigenvalue weighted by molar-refractivity contribution is 6.03. The topological polar surface area (TPSA) is 45.3 Å². The number of aromatic nitrogens is 1. The van der Waals surface area contributed by atoms with Crippen LogP contribution in [0.15, 0.2) is 30.5 Å². The normalized spacial score (nSPS) is 11.0. The zero-order valence-electron chi connectivity index (χ0n) is 10.1. The molecule has 0 aliphatic heterocycles. The lowest BCUT2D eigenvalue weighted by molar-refractivity contribution is 0.0484. The Kier molecular flexibility index (Phi) is 3.44. The first kappa shape index (κ1) is 11.7. The Labute approximate surface area is 100 Å². The number of esters is 1. The highest BCUT2D eigenvalue weighted by atomic mass is 16.5. The van der Waals surface area contributed by atoms with Gasteiger partial charge in [-0.15, -0.1) is 0 Å². The van der Waals surface area contributed by atoms with Crippen LogP contribution in [0.1, 0.15) is 10.4 Å². The van der Waals surface area contributed by atoms with Crippen molar-refractivity contribution in [2.24, 2.45) is 0 Å². The Bertz CT molecular complexity index is 517. The summed E-state index contributed by atoms with van der Waals surface area (Å²) in [5.74, 6) is -0.274. The van der Waals surface area contributed by atoms with E-state index in [1.165, 1.54) is 0 Å². The van der Waals surface area contributed by atoms with Crippen molar-refractivity contribution in [1.29, 1.82) is 0 Å². The minimum absolute atomic E-state index is 0.274. The molecule has 0 amide bonds. The van der Waals surface area contributed by atoms with Crippen LogP contribution in [0.4, 0.5) is 0 Å². The number of aromatic amines is 1. The number of likely N-dealkylation sites (N-methyl/N-ethyl adjacent to an activating group) is 1. The van der Waals surface area contributed by atoms with Gasteiger partial charge < -0.3 is 14.6 Å². The number of hydrogen-bond donors (Lipinski definition) is 1. The second kappa shape index (κ2) is 5.01. The van der Waals surface area contributed by atoms with E-state index in [9.17, 15) is 4.79 Å². The number of fused-ring (bicyclic) bond motifs is 1. The number of benzene rings is 1. The quantitative estimate of drug-likeness (QED) is 0.819. The number of para-hydroxylation sites is 1. The number of ether oxygens (including phenoxy) is 1. The summed E-state index contributed by atoms with van der Waals surface area (Å²) in [5.41, 5.74) is 1.55. The Hall–Kier alpha value is -1.81. The van der Waals surface area contributed by atoms with E-state index in [4.69, 9.17) is 4.74 Å². The van der Waals surface area contributed by atoms with Gasteiger partial charge in [-0.05, 0) is 20.2 Å². The van der Waals surface area contributed by atoms with Gasteiger partial charge in [0, 0.05) is 23.6 Å². The summed E-state index contributed by atoms with van der Waals surface area (Å²) in [4.78, 5) is 16.9. The maximum Gasteiger partial charge on any atom is 0.340 e. The largest absolute Gasteiger partial charge is 0.461 e. The molecule has 0 fully saturated rings. The second-order valence-electron chi connectivity index (χ2n) is 4.19. The summed E-state index contributed by atoms with van der Waals surface area (Å²) in [6.45, 7) is 1.14. The molecule has 1 heterocycles. The van der Waals surface area contributed by atoms with Crippen LogP contribution in [0.5, 0.6) is 0 Å². The molecule has 0 aliphatic rings. The lowest BCUT2D eigenvalue weighted by atomic mass is 10.2. The molecule has 1 N–H and O–H groups in total. The van der Waals surface area contributed by atoms with Crippen molar-refractivity contribution in [2.75, 3.05) is 27.2 Å². The molecular weight excluding hydrogens is 216 g/mol. The number of nitrogens with one attached hydrogen (secondary N) is 1. The van der Waals surface area contributed by atoms with Crippen LogP contribution in [0.25, 0.3) is 10.9 Å². The molecular formula is C13H16N2O2. The van der Waals surface area contributed by atoms with Crippen LogP contribution < -0.4 is 0 Å². The molecule has 4 heteroatoms. The van der Waals surface area contributed by atoms with Crippen molar-refractivity contribution in [3.8, 4) is 0 Å². The lowest BCUT2D eigenvalue weighted by Crippen LogP contribution is -2.20. The number of nitrogens with zero attached hydrogens (tertiary/aromatic N) is 1. The van der Waals surface area contributed by atoms with E-state index in [-0.39, 0.29) is 5.97 Å². The smallest absolute Gasteiger partial charge is 0.340 e. The molecule has 1 aromatic carbocycles. The van der Waals surface area contributed by atoms with Crippen LogP contribution in [0, 0.1) is 0 Å². The van der Waals surface area contributed by atoms with Crippen LogP contribution in [0.3, 0.4) is 0 Å².